The lowest BCUT2D eigenvalue weighted by molar-refractivity contribution is 0.274. The minimum atomic E-state index is -3.06. The van der Waals surface area contributed by atoms with Gasteiger partial charge in [0, 0.05) is 24.7 Å². The van der Waals surface area contributed by atoms with Gasteiger partial charge in [0.2, 0.25) is 0 Å². The molecule has 3 atom stereocenters. The Morgan fingerprint density at radius 1 is 1.24 bits per heavy atom. The minimum absolute atomic E-state index is 0.0269. The molecular weight excluding hydrogens is 236 g/mol. The molecule has 1 aromatic rings. The van der Waals surface area contributed by atoms with E-state index in [0.717, 1.165) is 12.0 Å². The Morgan fingerprint density at radius 3 is 2.18 bits per heavy atom. The molecule has 0 spiro atoms. The largest absolute Gasteiger partial charge is 0.396 e. The fourth-order valence-corrected chi connectivity index (χ4v) is 4.25. The summed E-state index contributed by atoms with van der Waals surface area (Å²) in [5, 5.41) is 8.81. The van der Waals surface area contributed by atoms with E-state index in [-0.39, 0.29) is 18.4 Å². The smallest absolute Gasteiger partial charge is 0.151 e. The van der Waals surface area contributed by atoms with Crippen LogP contribution in [0.25, 0.3) is 0 Å². The molecule has 4 heteroatoms. The summed E-state index contributed by atoms with van der Waals surface area (Å²) in [4.78, 5) is 0. The Labute approximate surface area is 102 Å². The summed E-state index contributed by atoms with van der Waals surface area (Å²) < 4.78 is 23.1. The molecule has 0 aromatic heterocycles. The number of hydrogen-bond donors (Lipinski definition) is 1. The fourth-order valence-electron chi connectivity index (χ4n) is 2.56. The first-order chi connectivity index (χ1) is 7.99. The molecule has 0 aliphatic heterocycles. The summed E-state index contributed by atoms with van der Waals surface area (Å²) in [5.41, 5.74) is 2.27. The van der Waals surface area contributed by atoms with Gasteiger partial charge in [-0.3, -0.25) is 0 Å². The second-order valence-corrected chi connectivity index (χ2v) is 6.96. The van der Waals surface area contributed by atoms with Crippen molar-refractivity contribution < 1.29 is 13.5 Å². The molecule has 1 N–H and O–H groups in total. The molecule has 1 aromatic carbocycles. The molecule has 94 valence electrons. The molecule has 2 rings (SSSR count). The highest BCUT2D eigenvalue weighted by atomic mass is 32.2. The maximum absolute atomic E-state index is 11.6. The number of hydrogen-bond acceptors (Lipinski definition) is 3. The average molecular weight is 254 g/mol. The molecule has 0 amide bonds. The highest BCUT2D eigenvalue weighted by molar-refractivity contribution is 7.91. The number of sulfone groups is 1. The second-order valence-electron chi connectivity index (χ2n) is 4.76. The van der Waals surface area contributed by atoms with E-state index in [1.54, 1.807) is 0 Å². The maximum Gasteiger partial charge on any atom is 0.151 e. The summed E-state index contributed by atoms with van der Waals surface area (Å²) in [6, 6.07) is 8.03. The van der Waals surface area contributed by atoms with Gasteiger partial charge in [0.1, 0.15) is 0 Å². The van der Waals surface area contributed by atoms with Crippen molar-refractivity contribution in [2.45, 2.75) is 24.5 Å². The van der Waals surface area contributed by atoms with E-state index in [9.17, 15) is 13.5 Å². The first kappa shape index (κ1) is 12.6. The van der Waals surface area contributed by atoms with Crippen LogP contribution in [0.15, 0.2) is 24.3 Å². The van der Waals surface area contributed by atoms with Crippen LogP contribution in [0, 0.1) is 5.92 Å². The average Bonchev–Trinajstić information content (AvgIpc) is 3.03. The normalized spacial score (nSPS) is 28.1. The molecule has 0 bridgehead atoms. The van der Waals surface area contributed by atoms with Gasteiger partial charge in [-0.15, -0.1) is 0 Å². The quantitative estimate of drug-likeness (QED) is 0.883. The molecule has 0 heterocycles. The predicted octanol–water partition coefficient (Wildman–Crippen LogP) is 1.37. The number of rotatable bonds is 4. The van der Waals surface area contributed by atoms with E-state index in [0.29, 0.717) is 0 Å². The molecule has 17 heavy (non-hydrogen) atoms. The zero-order valence-electron chi connectivity index (χ0n) is 10.1. The molecular formula is C13H18O3S. The van der Waals surface area contributed by atoms with Crippen molar-refractivity contribution in [3.8, 4) is 0 Å². The number of aliphatic hydroxyl groups is 1. The molecule has 1 fully saturated rings. The fraction of sp³-hybridized carbons (Fsp3) is 0.538. The van der Waals surface area contributed by atoms with Gasteiger partial charge in [-0.25, -0.2) is 8.42 Å². The SMILES string of the molecule is CCc1ccc(C2C(CO)C2S(C)(=O)=O)cc1. The van der Waals surface area contributed by atoms with Crippen LogP contribution in [0.1, 0.15) is 24.0 Å². The van der Waals surface area contributed by atoms with Gasteiger partial charge in [-0.1, -0.05) is 31.2 Å². The predicted molar refractivity (Wildman–Crippen MR) is 67.8 cm³/mol. The number of benzene rings is 1. The van der Waals surface area contributed by atoms with Crippen LogP contribution in [-0.4, -0.2) is 31.6 Å². The van der Waals surface area contributed by atoms with E-state index in [2.05, 4.69) is 6.92 Å². The third kappa shape index (κ3) is 2.38. The summed E-state index contributed by atoms with van der Waals surface area (Å²) in [5.74, 6) is -0.154. The Bertz CT molecular complexity index is 490. The van der Waals surface area contributed by atoms with Crippen LogP contribution in [0.5, 0.6) is 0 Å². The third-order valence-electron chi connectivity index (χ3n) is 3.57. The van der Waals surface area contributed by atoms with Gasteiger partial charge < -0.3 is 5.11 Å². The zero-order valence-corrected chi connectivity index (χ0v) is 10.9. The van der Waals surface area contributed by atoms with Crippen molar-refractivity contribution in [3.63, 3.8) is 0 Å². The molecule has 1 aliphatic rings. The monoisotopic (exact) mass is 254 g/mol. The number of aryl methyl sites for hydroxylation is 1. The van der Waals surface area contributed by atoms with E-state index < -0.39 is 15.1 Å². The molecule has 0 radical (unpaired) electrons. The first-order valence-electron chi connectivity index (χ1n) is 5.87. The van der Waals surface area contributed by atoms with Crippen molar-refractivity contribution in [3.05, 3.63) is 35.4 Å². The number of aliphatic hydroxyl groups excluding tert-OH is 1. The van der Waals surface area contributed by atoms with Crippen LogP contribution in [0.3, 0.4) is 0 Å². The zero-order chi connectivity index (χ0) is 12.6. The Balaban J connectivity index is 2.23. The van der Waals surface area contributed by atoms with Crippen molar-refractivity contribution >= 4 is 9.84 Å². The van der Waals surface area contributed by atoms with Crippen LogP contribution in [0.2, 0.25) is 0 Å². The van der Waals surface area contributed by atoms with Gasteiger partial charge in [0.05, 0.1) is 5.25 Å². The van der Waals surface area contributed by atoms with Crippen LogP contribution in [-0.2, 0) is 16.3 Å². The third-order valence-corrected chi connectivity index (χ3v) is 5.21. The van der Waals surface area contributed by atoms with Crippen LogP contribution in [0.4, 0.5) is 0 Å². The van der Waals surface area contributed by atoms with Crippen molar-refractivity contribution in [1.29, 1.82) is 0 Å². The van der Waals surface area contributed by atoms with E-state index in [1.165, 1.54) is 11.8 Å². The van der Waals surface area contributed by atoms with Crippen molar-refractivity contribution in [2.75, 3.05) is 12.9 Å². The highest BCUT2D eigenvalue weighted by Gasteiger charge is 2.56. The van der Waals surface area contributed by atoms with E-state index in [4.69, 9.17) is 0 Å². The van der Waals surface area contributed by atoms with E-state index >= 15 is 0 Å². The van der Waals surface area contributed by atoms with Gasteiger partial charge in [0.25, 0.3) is 0 Å². The van der Waals surface area contributed by atoms with Crippen LogP contribution < -0.4 is 0 Å². The molecule has 3 nitrogen and oxygen atoms in total. The van der Waals surface area contributed by atoms with Crippen molar-refractivity contribution in [2.24, 2.45) is 5.92 Å². The molecule has 3 unspecified atom stereocenters. The maximum atomic E-state index is 11.6. The second kappa shape index (κ2) is 4.42. The van der Waals surface area contributed by atoms with Gasteiger partial charge in [-0.2, -0.15) is 0 Å². The lowest BCUT2D eigenvalue weighted by atomic mass is 10.1. The molecule has 1 aliphatic carbocycles. The van der Waals surface area contributed by atoms with Gasteiger partial charge in [0.15, 0.2) is 9.84 Å². The Morgan fingerprint density at radius 2 is 1.82 bits per heavy atom. The lowest BCUT2D eigenvalue weighted by Gasteiger charge is -2.01. The molecule has 1 saturated carbocycles. The van der Waals surface area contributed by atoms with Crippen molar-refractivity contribution in [1.82, 2.24) is 0 Å². The summed E-state index contributed by atoms with van der Waals surface area (Å²) >= 11 is 0. The van der Waals surface area contributed by atoms with Gasteiger partial charge in [-0.05, 0) is 17.5 Å². The Kier molecular flexibility index (Phi) is 3.27. The lowest BCUT2D eigenvalue weighted by Crippen LogP contribution is -2.08. The summed E-state index contributed by atoms with van der Waals surface area (Å²) in [7, 11) is -3.06. The Hall–Kier alpha value is -0.870. The summed E-state index contributed by atoms with van der Waals surface area (Å²) in [6.45, 7) is 2.03. The standard InChI is InChI=1S/C13H18O3S/c1-3-9-4-6-10(7-5-9)12-11(8-14)13(12)17(2,15)16/h4-7,11-14H,3,8H2,1-2H3. The minimum Gasteiger partial charge on any atom is -0.396 e. The topological polar surface area (TPSA) is 54.4 Å². The first-order valence-corrected chi connectivity index (χ1v) is 7.83. The molecule has 0 saturated heterocycles. The van der Waals surface area contributed by atoms with Gasteiger partial charge >= 0.3 is 0 Å². The summed E-state index contributed by atoms with van der Waals surface area (Å²) in [6.07, 6.45) is 2.23. The van der Waals surface area contributed by atoms with Crippen LogP contribution >= 0.6 is 0 Å². The van der Waals surface area contributed by atoms with E-state index in [1.807, 2.05) is 24.3 Å². The highest BCUT2D eigenvalue weighted by Crippen LogP contribution is 2.51.